The molecule has 174 valence electrons. The van der Waals surface area contributed by atoms with Crippen molar-refractivity contribution in [1.82, 2.24) is 9.80 Å². The molecule has 0 bridgehead atoms. The van der Waals surface area contributed by atoms with Crippen LogP contribution >= 0.6 is 0 Å². The molecule has 0 saturated carbocycles. The number of carboxylic acid groups (broad SMARTS) is 1. The van der Waals surface area contributed by atoms with E-state index in [1.807, 2.05) is 11.9 Å². The van der Waals surface area contributed by atoms with E-state index in [1.165, 1.54) is 25.3 Å². The largest absolute Gasteiger partial charge is 0.495 e. The van der Waals surface area contributed by atoms with E-state index in [9.17, 15) is 23.5 Å². The zero-order valence-electron chi connectivity index (χ0n) is 18.5. The van der Waals surface area contributed by atoms with Crippen molar-refractivity contribution in [2.24, 2.45) is 0 Å². The molecule has 1 aliphatic rings. The Morgan fingerprint density at radius 3 is 2.32 bits per heavy atom. The Hall–Kier alpha value is -2.21. The topological polar surface area (TPSA) is 120 Å². The summed E-state index contributed by atoms with van der Waals surface area (Å²) in [6, 6.07) is 3.18. The molecule has 0 aliphatic carbocycles. The molecule has 1 saturated heterocycles. The molecular formula is C20H31N3O7S. The minimum atomic E-state index is -2.54. The average molecular weight is 458 g/mol. The second kappa shape index (κ2) is 10.4. The Morgan fingerprint density at radius 2 is 1.84 bits per heavy atom. The number of ether oxygens (including phenoxy) is 2. The first-order chi connectivity index (χ1) is 14.4. The predicted molar refractivity (Wildman–Crippen MR) is 117 cm³/mol. The second-order valence-corrected chi connectivity index (χ2v) is 9.27. The van der Waals surface area contributed by atoms with E-state index in [2.05, 4.69) is 4.90 Å². The van der Waals surface area contributed by atoms with Gasteiger partial charge >= 0.3 is 11.9 Å². The van der Waals surface area contributed by atoms with Gasteiger partial charge in [0.1, 0.15) is 17.4 Å². The summed E-state index contributed by atoms with van der Waals surface area (Å²) in [5.74, 6) is -1.48. The molecule has 0 radical (unpaired) electrons. The van der Waals surface area contributed by atoms with Crippen LogP contribution in [0.2, 0.25) is 0 Å². The summed E-state index contributed by atoms with van der Waals surface area (Å²) >= 11 is -2.54. The Kier molecular flexibility index (Phi) is 8.41. The number of nitrogens with zero attached hydrogens (tertiary/aromatic N) is 3. The zero-order valence-corrected chi connectivity index (χ0v) is 19.3. The third-order valence-corrected chi connectivity index (χ3v) is 5.60. The van der Waals surface area contributed by atoms with Crippen molar-refractivity contribution in [3.8, 4) is 5.75 Å². The van der Waals surface area contributed by atoms with Crippen LogP contribution in [0.4, 0.5) is 5.69 Å². The summed E-state index contributed by atoms with van der Waals surface area (Å²) < 4.78 is 34.2. The van der Waals surface area contributed by atoms with E-state index < -0.39 is 34.8 Å². The van der Waals surface area contributed by atoms with Crippen molar-refractivity contribution in [2.45, 2.75) is 32.4 Å². The van der Waals surface area contributed by atoms with Crippen LogP contribution in [0.3, 0.4) is 0 Å². The van der Waals surface area contributed by atoms with Crippen LogP contribution in [0.15, 0.2) is 18.2 Å². The Balaban J connectivity index is 2.43. The molecule has 2 atom stereocenters. The van der Waals surface area contributed by atoms with Crippen LogP contribution in [0.25, 0.3) is 0 Å². The van der Waals surface area contributed by atoms with Crippen LogP contribution in [0, 0.1) is 0 Å². The number of piperazine rings is 1. The van der Waals surface area contributed by atoms with Crippen molar-refractivity contribution in [3.63, 3.8) is 0 Å². The minimum absolute atomic E-state index is 0.0698. The van der Waals surface area contributed by atoms with Gasteiger partial charge < -0.3 is 19.5 Å². The van der Waals surface area contributed by atoms with Gasteiger partial charge in [0.15, 0.2) is 0 Å². The fraction of sp³-hybridized carbons (Fsp3) is 0.600. The highest BCUT2D eigenvalue weighted by molar-refractivity contribution is 7.80. The summed E-state index contributed by atoms with van der Waals surface area (Å²) in [6.45, 7) is 7.73. The number of likely N-dealkylation sites (N-methyl/N-ethyl adjacent to an activating group) is 1. The molecule has 1 aromatic rings. The van der Waals surface area contributed by atoms with E-state index in [4.69, 9.17) is 9.47 Å². The molecule has 2 unspecified atom stereocenters. The van der Waals surface area contributed by atoms with Gasteiger partial charge in [-0.1, -0.05) is 0 Å². The van der Waals surface area contributed by atoms with Gasteiger partial charge in [-0.3, -0.25) is 18.6 Å². The van der Waals surface area contributed by atoms with Crippen LogP contribution in [0.1, 0.15) is 31.1 Å². The smallest absolute Gasteiger partial charge is 0.335 e. The molecule has 31 heavy (non-hydrogen) atoms. The third-order valence-electron chi connectivity index (χ3n) is 4.88. The number of benzene rings is 1. The molecule has 0 spiro atoms. The lowest BCUT2D eigenvalue weighted by Crippen LogP contribution is -2.56. The van der Waals surface area contributed by atoms with Gasteiger partial charge in [-0.2, -0.15) is 0 Å². The first-order valence-corrected chi connectivity index (χ1v) is 10.9. The summed E-state index contributed by atoms with van der Waals surface area (Å²) in [5, 5.41) is 9.33. The molecule has 2 rings (SSSR count). The first-order valence-electron chi connectivity index (χ1n) is 9.88. The molecule has 1 aromatic carbocycles. The van der Waals surface area contributed by atoms with Crippen molar-refractivity contribution >= 4 is 28.9 Å². The second-order valence-electron chi connectivity index (χ2n) is 8.37. The van der Waals surface area contributed by atoms with E-state index in [0.29, 0.717) is 13.1 Å². The molecule has 2 N–H and O–H groups in total. The number of methoxy groups -OCH3 is 1. The lowest BCUT2D eigenvalue weighted by molar-refractivity contribution is -0.161. The maximum absolute atomic E-state index is 13.0. The standard InChI is InChI=1S/C20H31N3O7S/c1-20(2,3)30-19(26)16(22-10-8-21(4)9-11-22)13-23(31(27)28)15-12-14(18(24)25)6-7-17(15)29-5/h6-7,12,16H,8-11,13H2,1-5H3,(H,24,25)(H,27,28). The van der Waals surface area contributed by atoms with E-state index in [1.54, 1.807) is 20.8 Å². The number of carbonyl (C=O) groups excluding carboxylic acids is 1. The Morgan fingerprint density at radius 1 is 1.23 bits per heavy atom. The van der Waals surface area contributed by atoms with Gasteiger partial charge in [0.05, 0.1) is 24.9 Å². The molecule has 0 aromatic heterocycles. The summed E-state index contributed by atoms with van der Waals surface area (Å²) in [7, 11) is 3.36. The van der Waals surface area contributed by atoms with Gasteiger partial charge in [0, 0.05) is 26.2 Å². The van der Waals surface area contributed by atoms with Crippen molar-refractivity contribution in [1.29, 1.82) is 0 Å². The fourth-order valence-corrected chi connectivity index (χ4v) is 3.84. The molecular weight excluding hydrogens is 426 g/mol. The lowest BCUT2D eigenvalue weighted by atomic mass is 10.1. The third kappa shape index (κ3) is 6.89. The van der Waals surface area contributed by atoms with Crippen LogP contribution in [0.5, 0.6) is 5.75 Å². The SMILES string of the molecule is COc1ccc(C(=O)O)cc1N(CC(C(=O)OC(C)(C)C)N1CCN(C)CC1)S(=O)O. The van der Waals surface area contributed by atoms with Crippen LogP contribution in [-0.2, 0) is 20.8 Å². The van der Waals surface area contributed by atoms with Gasteiger partial charge in [0.2, 0.25) is 0 Å². The van der Waals surface area contributed by atoms with Crippen molar-refractivity contribution < 1.29 is 32.9 Å². The summed E-state index contributed by atoms with van der Waals surface area (Å²) in [5.41, 5.74) is -0.697. The molecule has 11 heteroatoms. The number of anilines is 1. The fourth-order valence-electron chi connectivity index (χ4n) is 3.26. The van der Waals surface area contributed by atoms with Crippen molar-refractivity contribution in [3.05, 3.63) is 23.8 Å². The number of carbonyl (C=O) groups is 2. The lowest BCUT2D eigenvalue weighted by Gasteiger charge is -2.39. The number of hydrogen-bond acceptors (Lipinski definition) is 7. The van der Waals surface area contributed by atoms with Crippen LogP contribution < -0.4 is 9.04 Å². The highest BCUT2D eigenvalue weighted by Gasteiger charge is 2.35. The van der Waals surface area contributed by atoms with Gasteiger partial charge in [-0.15, -0.1) is 0 Å². The highest BCUT2D eigenvalue weighted by Crippen LogP contribution is 2.31. The first kappa shape index (κ1) is 25.1. The van der Waals surface area contributed by atoms with Crippen LogP contribution in [-0.4, -0.2) is 94.1 Å². The molecule has 0 amide bonds. The monoisotopic (exact) mass is 457 g/mol. The molecule has 1 aliphatic heterocycles. The molecule has 10 nitrogen and oxygen atoms in total. The van der Waals surface area contributed by atoms with Gasteiger partial charge in [-0.25, -0.2) is 9.00 Å². The number of aromatic carboxylic acids is 1. The number of esters is 1. The van der Waals surface area contributed by atoms with E-state index in [-0.39, 0.29) is 23.5 Å². The quantitative estimate of drug-likeness (QED) is 0.439. The number of hydrogen-bond donors (Lipinski definition) is 2. The van der Waals surface area contributed by atoms with Gasteiger partial charge in [-0.05, 0) is 46.0 Å². The molecule has 1 fully saturated rings. The maximum Gasteiger partial charge on any atom is 0.335 e. The summed E-state index contributed by atoms with van der Waals surface area (Å²) in [4.78, 5) is 28.5. The number of rotatable bonds is 8. The average Bonchev–Trinajstić information content (AvgIpc) is 2.67. The predicted octanol–water partition coefficient (Wildman–Crippen LogP) is 1.29. The summed E-state index contributed by atoms with van der Waals surface area (Å²) in [6.07, 6.45) is 0. The van der Waals surface area contributed by atoms with E-state index >= 15 is 0 Å². The minimum Gasteiger partial charge on any atom is -0.495 e. The van der Waals surface area contributed by atoms with Crippen molar-refractivity contribution in [2.75, 3.05) is 51.2 Å². The molecule has 1 heterocycles. The zero-order chi connectivity index (χ0) is 23.3. The highest BCUT2D eigenvalue weighted by atomic mass is 32.2. The van der Waals surface area contributed by atoms with Gasteiger partial charge in [0.25, 0.3) is 11.3 Å². The maximum atomic E-state index is 13.0. The normalized spacial score (nSPS) is 17.6. The van der Waals surface area contributed by atoms with E-state index in [0.717, 1.165) is 17.4 Å². The number of carboxylic acids is 1. The Bertz CT molecular complexity index is 819. The Labute approximate surface area is 185 Å².